The number of imide groups is 1. The molecule has 0 spiro atoms. The van der Waals surface area contributed by atoms with Gasteiger partial charge in [0.1, 0.15) is 5.54 Å². The Kier molecular flexibility index (Phi) is 4.58. The number of likely N-dealkylation sites (tertiary alicyclic amines) is 1. The minimum Gasteiger partial charge on any atom is -0.319 e. The molecule has 152 valence electrons. The second-order valence-corrected chi connectivity index (χ2v) is 9.06. The van der Waals surface area contributed by atoms with Gasteiger partial charge in [0.2, 0.25) is 0 Å². The van der Waals surface area contributed by atoms with E-state index in [1.54, 1.807) is 0 Å². The smallest absolute Gasteiger partial charge is 0.319 e. The van der Waals surface area contributed by atoms with Crippen LogP contribution in [0.25, 0.3) is 10.8 Å². The first kappa shape index (κ1) is 18.6. The summed E-state index contributed by atoms with van der Waals surface area (Å²) < 4.78 is 0. The lowest BCUT2D eigenvalue weighted by Crippen LogP contribution is -2.52. The fourth-order valence-corrected chi connectivity index (χ4v) is 5.61. The summed E-state index contributed by atoms with van der Waals surface area (Å²) in [5.41, 5.74) is -0.172. The summed E-state index contributed by atoms with van der Waals surface area (Å²) in [7, 11) is 0. The number of carbonyl (C=O) groups is 2. The lowest BCUT2D eigenvalue weighted by atomic mass is 9.78. The van der Waals surface area contributed by atoms with Crippen LogP contribution in [0.3, 0.4) is 0 Å². The van der Waals surface area contributed by atoms with Gasteiger partial charge in [0.05, 0.1) is 6.67 Å². The maximum Gasteiger partial charge on any atom is 0.326 e. The molecule has 3 fully saturated rings. The number of nitrogens with one attached hydrogen (secondary N) is 1. The molecule has 2 aromatic carbocycles. The number of nitrogens with zero attached hydrogens (tertiary/aromatic N) is 2. The predicted molar refractivity (Wildman–Crippen MR) is 113 cm³/mol. The van der Waals surface area contributed by atoms with Crippen molar-refractivity contribution in [1.29, 1.82) is 0 Å². The van der Waals surface area contributed by atoms with Gasteiger partial charge in [-0.2, -0.15) is 0 Å². The van der Waals surface area contributed by atoms with Gasteiger partial charge in [-0.25, -0.2) is 9.69 Å². The Labute approximate surface area is 172 Å². The molecule has 0 radical (unpaired) electrons. The van der Waals surface area contributed by atoms with Crippen LogP contribution in [0.2, 0.25) is 0 Å². The molecule has 0 aromatic heterocycles. The normalized spacial score (nSPS) is 30.4. The molecule has 2 aromatic rings. The summed E-state index contributed by atoms with van der Waals surface area (Å²) in [5.74, 6) is 0.584. The average molecular weight is 392 g/mol. The minimum atomic E-state index is -1.01. The maximum absolute atomic E-state index is 13.4. The Hall–Kier alpha value is -2.40. The molecule has 1 aliphatic carbocycles. The third-order valence-corrected chi connectivity index (χ3v) is 7.28. The lowest BCUT2D eigenvalue weighted by molar-refractivity contribution is -0.133. The second kappa shape index (κ2) is 7.13. The van der Waals surface area contributed by atoms with E-state index in [0.29, 0.717) is 12.7 Å². The third-order valence-electron chi connectivity index (χ3n) is 7.28. The SMILES string of the molecule is C[C@]1(c2ccc3ccccc3c2)NC(=O)N(CN2CCC[C@@H]3CCCC[C@H]32)C1=O. The molecule has 5 nitrogen and oxygen atoms in total. The van der Waals surface area contributed by atoms with Gasteiger partial charge in [0.25, 0.3) is 5.91 Å². The van der Waals surface area contributed by atoms with E-state index in [0.717, 1.165) is 35.2 Å². The van der Waals surface area contributed by atoms with Crippen LogP contribution in [-0.4, -0.2) is 41.0 Å². The van der Waals surface area contributed by atoms with Crippen LogP contribution < -0.4 is 5.32 Å². The first-order valence-electron chi connectivity index (χ1n) is 10.9. The molecule has 29 heavy (non-hydrogen) atoms. The zero-order chi connectivity index (χ0) is 20.0. The predicted octanol–water partition coefficient (Wildman–Crippen LogP) is 4.22. The molecule has 3 atom stereocenters. The second-order valence-electron chi connectivity index (χ2n) is 9.06. The molecule has 3 aliphatic rings. The maximum atomic E-state index is 13.4. The van der Waals surface area contributed by atoms with Crippen LogP contribution in [0.4, 0.5) is 4.79 Å². The Morgan fingerprint density at radius 1 is 1.00 bits per heavy atom. The van der Waals surface area contributed by atoms with Crippen LogP contribution in [0.1, 0.15) is 51.0 Å². The van der Waals surface area contributed by atoms with E-state index in [9.17, 15) is 9.59 Å². The summed E-state index contributed by atoms with van der Waals surface area (Å²) in [6.07, 6.45) is 7.50. The standard InChI is InChI=1S/C24H29N3O2/c1-24(20-13-12-17-7-2-3-9-19(17)15-20)22(28)27(23(29)25-24)16-26-14-6-10-18-8-4-5-11-21(18)26/h2-3,7,9,12-13,15,18,21H,4-6,8,10-11,14,16H2,1H3,(H,25,29)/t18-,21+,24+/m0/s1. The Balaban J connectivity index is 1.40. The fraction of sp³-hybridized carbons (Fsp3) is 0.500. The molecule has 2 saturated heterocycles. The zero-order valence-corrected chi connectivity index (χ0v) is 17.1. The molecule has 2 heterocycles. The number of urea groups is 1. The van der Waals surface area contributed by atoms with Gasteiger partial charge >= 0.3 is 6.03 Å². The van der Waals surface area contributed by atoms with Gasteiger partial charge in [-0.05, 0) is 60.9 Å². The van der Waals surface area contributed by atoms with Crippen molar-refractivity contribution in [2.45, 2.75) is 57.0 Å². The van der Waals surface area contributed by atoms with Crippen LogP contribution >= 0.6 is 0 Å². The monoisotopic (exact) mass is 391 g/mol. The first-order chi connectivity index (χ1) is 14.1. The largest absolute Gasteiger partial charge is 0.326 e. The van der Waals surface area contributed by atoms with Crippen molar-refractivity contribution >= 4 is 22.7 Å². The lowest BCUT2D eigenvalue weighted by Gasteiger charge is -2.45. The highest BCUT2D eigenvalue weighted by molar-refractivity contribution is 6.07. The van der Waals surface area contributed by atoms with Crippen molar-refractivity contribution in [1.82, 2.24) is 15.1 Å². The van der Waals surface area contributed by atoms with Crippen molar-refractivity contribution in [3.63, 3.8) is 0 Å². The summed E-state index contributed by atoms with van der Waals surface area (Å²) in [5, 5.41) is 5.19. The Bertz CT molecular complexity index is 956. The van der Waals surface area contributed by atoms with E-state index < -0.39 is 5.54 Å². The van der Waals surface area contributed by atoms with E-state index in [1.165, 1.54) is 37.0 Å². The molecule has 1 N–H and O–H groups in total. The zero-order valence-electron chi connectivity index (χ0n) is 17.1. The fourth-order valence-electron chi connectivity index (χ4n) is 5.61. The first-order valence-corrected chi connectivity index (χ1v) is 10.9. The summed E-state index contributed by atoms with van der Waals surface area (Å²) in [4.78, 5) is 30.1. The molecule has 0 unspecified atom stereocenters. The van der Waals surface area contributed by atoms with Crippen LogP contribution in [0, 0.1) is 5.92 Å². The van der Waals surface area contributed by atoms with Crippen molar-refractivity contribution in [2.75, 3.05) is 13.2 Å². The van der Waals surface area contributed by atoms with Crippen LogP contribution in [0.15, 0.2) is 42.5 Å². The number of piperidine rings is 1. The van der Waals surface area contributed by atoms with Gasteiger partial charge in [-0.1, -0.05) is 49.2 Å². The minimum absolute atomic E-state index is 0.143. The Morgan fingerprint density at radius 2 is 1.76 bits per heavy atom. The van der Waals surface area contributed by atoms with E-state index in [4.69, 9.17) is 0 Å². The average Bonchev–Trinajstić information content (AvgIpc) is 2.97. The summed E-state index contributed by atoms with van der Waals surface area (Å²) >= 11 is 0. The van der Waals surface area contributed by atoms with Gasteiger partial charge in [0.15, 0.2) is 0 Å². The van der Waals surface area contributed by atoms with Crippen LogP contribution in [0.5, 0.6) is 0 Å². The Morgan fingerprint density at radius 3 is 2.62 bits per heavy atom. The van der Waals surface area contributed by atoms with E-state index >= 15 is 0 Å². The van der Waals surface area contributed by atoms with Crippen LogP contribution in [-0.2, 0) is 10.3 Å². The quantitative estimate of drug-likeness (QED) is 0.797. The number of rotatable bonds is 3. The van der Waals surface area contributed by atoms with E-state index in [-0.39, 0.29) is 11.9 Å². The molecule has 5 heteroatoms. The van der Waals surface area contributed by atoms with Gasteiger partial charge in [0, 0.05) is 12.6 Å². The van der Waals surface area contributed by atoms with E-state index in [1.807, 2.05) is 43.3 Å². The summed E-state index contributed by atoms with van der Waals surface area (Å²) in [6, 6.07) is 14.3. The van der Waals surface area contributed by atoms with Crippen molar-refractivity contribution in [3.05, 3.63) is 48.0 Å². The molecule has 5 rings (SSSR count). The number of benzene rings is 2. The number of carbonyl (C=O) groups excluding carboxylic acids is 2. The number of fused-ring (bicyclic) bond motifs is 2. The number of amides is 3. The molecule has 2 aliphatic heterocycles. The number of hydrogen-bond acceptors (Lipinski definition) is 3. The molecular formula is C24H29N3O2. The van der Waals surface area contributed by atoms with Crippen molar-refractivity contribution < 1.29 is 9.59 Å². The third kappa shape index (κ3) is 3.12. The summed E-state index contributed by atoms with van der Waals surface area (Å²) in [6.45, 7) is 3.22. The van der Waals surface area contributed by atoms with Crippen molar-refractivity contribution in [2.24, 2.45) is 5.92 Å². The van der Waals surface area contributed by atoms with Gasteiger partial charge < -0.3 is 5.32 Å². The number of hydrogen-bond donors (Lipinski definition) is 1. The topological polar surface area (TPSA) is 52.7 Å². The highest BCUT2D eigenvalue weighted by atomic mass is 16.2. The molecule has 0 bridgehead atoms. The highest BCUT2D eigenvalue weighted by Crippen LogP contribution is 2.36. The molecule has 3 amide bonds. The van der Waals surface area contributed by atoms with Crippen molar-refractivity contribution in [3.8, 4) is 0 Å². The van der Waals surface area contributed by atoms with E-state index in [2.05, 4.69) is 16.3 Å². The highest BCUT2D eigenvalue weighted by Gasteiger charge is 2.50. The van der Waals surface area contributed by atoms with Gasteiger partial charge in [-0.15, -0.1) is 0 Å². The molecular weight excluding hydrogens is 362 g/mol. The van der Waals surface area contributed by atoms with Gasteiger partial charge in [-0.3, -0.25) is 9.69 Å². The molecule has 1 saturated carbocycles.